The molecule has 20 heavy (non-hydrogen) atoms. The van der Waals surface area contributed by atoms with E-state index in [1.54, 1.807) is 24.4 Å². The number of nitrogens with one attached hydrogen (secondary N) is 1. The van der Waals surface area contributed by atoms with Crippen LogP contribution >= 0.6 is 0 Å². The number of rotatable bonds is 5. The number of hydrogen-bond acceptors (Lipinski definition) is 3. The van der Waals surface area contributed by atoms with E-state index in [0.717, 1.165) is 12.1 Å². The van der Waals surface area contributed by atoms with Crippen molar-refractivity contribution in [2.24, 2.45) is 0 Å². The van der Waals surface area contributed by atoms with E-state index in [2.05, 4.69) is 12.2 Å². The summed E-state index contributed by atoms with van der Waals surface area (Å²) in [7, 11) is 0. The fourth-order valence-corrected chi connectivity index (χ4v) is 1.81. The highest BCUT2D eigenvalue weighted by atomic mass is 16.3. The first-order valence-electron chi connectivity index (χ1n) is 6.54. The van der Waals surface area contributed by atoms with Crippen molar-refractivity contribution in [2.45, 2.75) is 13.3 Å². The molecule has 3 nitrogen and oxygen atoms in total. The lowest BCUT2D eigenvalue weighted by Crippen LogP contribution is -1.96. The normalized spacial score (nSPS) is 10.7. The van der Waals surface area contributed by atoms with Crippen molar-refractivity contribution in [3.8, 4) is 5.75 Å². The molecule has 0 heterocycles. The molecule has 2 N–H and O–H groups in total. The minimum atomic E-state index is -0.0553. The van der Waals surface area contributed by atoms with Crippen molar-refractivity contribution in [2.75, 3.05) is 5.32 Å². The van der Waals surface area contributed by atoms with Crippen LogP contribution in [0.2, 0.25) is 0 Å². The lowest BCUT2D eigenvalue weighted by Gasteiger charge is -2.01. The predicted octanol–water partition coefficient (Wildman–Crippen LogP) is 3.76. The summed E-state index contributed by atoms with van der Waals surface area (Å²) in [6, 6.07) is 14.3. The molecule has 0 bridgehead atoms. The minimum absolute atomic E-state index is 0.0553. The molecule has 2 aromatic carbocycles. The molecule has 2 aromatic rings. The van der Waals surface area contributed by atoms with Gasteiger partial charge in [-0.05, 0) is 24.1 Å². The second kappa shape index (κ2) is 6.57. The first kappa shape index (κ1) is 13.9. The molecular weight excluding hydrogens is 250 g/mol. The molecule has 0 amide bonds. The van der Waals surface area contributed by atoms with Gasteiger partial charge >= 0.3 is 0 Å². The quantitative estimate of drug-likeness (QED) is 0.640. The summed E-state index contributed by atoms with van der Waals surface area (Å²) in [5, 5.41) is 12.3. The maximum absolute atomic E-state index is 11.9. The first-order chi connectivity index (χ1) is 9.69. The first-order valence-corrected chi connectivity index (χ1v) is 6.54. The Morgan fingerprint density at radius 1 is 1.20 bits per heavy atom. The summed E-state index contributed by atoms with van der Waals surface area (Å²) in [6.07, 6.45) is 4.01. The van der Waals surface area contributed by atoms with Crippen LogP contribution in [0.5, 0.6) is 5.75 Å². The van der Waals surface area contributed by atoms with E-state index in [1.807, 2.05) is 30.3 Å². The van der Waals surface area contributed by atoms with E-state index in [-0.39, 0.29) is 11.5 Å². The topological polar surface area (TPSA) is 49.3 Å². The SMILES string of the molecule is CCc1ccc(C(=O)/C=C\Nc2cccc(O)c2)cc1. The number of benzene rings is 2. The molecule has 0 atom stereocenters. The number of hydrogen-bond donors (Lipinski definition) is 2. The van der Waals surface area contributed by atoms with Gasteiger partial charge in [0.1, 0.15) is 5.75 Å². The van der Waals surface area contributed by atoms with E-state index >= 15 is 0 Å². The minimum Gasteiger partial charge on any atom is -0.508 e. The third-order valence-corrected chi connectivity index (χ3v) is 2.98. The van der Waals surface area contributed by atoms with Crippen LogP contribution in [0, 0.1) is 0 Å². The lowest BCUT2D eigenvalue weighted by molar-refractivity contribution is 0.104. The van der Waals surface area contributed by atoms with Gasteiger partial charge in [-0.25, -0.2) is 0 Å². The van der Waals surface area contributed by atoms with Gasteiger partial charge in [-0.3, -0.25) is 4.79 Å². The van der Waals surface area contributed by atoms with Crippen LogP contribution < -0.4 is 5.32 Å². The number of phenolic OH excluding ortho intramolecular Hbond substituents is 1. The zero-order valence-electron chi connectivity index (χ0n) is 11.3. The Morgan fingerprint density at radius 3 is 2.60 bits per heavy atom. The molecule has 0 saturated carbocycles. The van der Waals surface area contributed by atoms with Crippen LogP contribution in [0.4, 0.5) is 5.69 Å². The van der Waals surface area contributed by atoms with Crippen LogP contribution in [0.15, 0.2) is 60.8 Å². The molecule has 0 saturated heterocycles. The van der Waals surface area contributed by atoms with Gasteiger partial charge in [0.2, 0.25) is 0 Å². The van der Waals surface area contributed by atoms with E-state index < -0.39 is 0 Å². The van der Waals surface area contributed by atoms with Gasteiger partial charge in [0, 0.05) is 29.6 Å². The molecule has 0 aromatic heterocycles. The highest BCUT2D eigenvalue weighted by Gasteiger charge is 2.00. The number of carbonyl (C=O) groups is 1. The molecule has 0 aliphatic rings. The fourth-order valence-electron chi connectivity index (χ4n) is 1.81. The van der Waals surface area contributed by atoms with Crippen LogP contribution in [0.3, 0.4) is 0 Å². The van der Waals surface area contributed by atoms with E-state index in [9.17, 15) is 9.90 Å². The zero-order valence-corrected chi connectivity index (χ0v) is 11.3. The van der Waals surface area contributed by atoms with Crippen molar-refractivity contribution in [3.05, 3.63) is 71.9 Å². The maximum Gasteiger partial charge on any atom is 0.187 e. The van der Waals surface area contributed by atoms with E-state index in [4.69, 9.17) is 0 Å². The van der Waals surface area contributed by atoms with Crippen molar-refractivity contribution >= 4 is 11.5 Å². The molecule has 0 spiro atoms. The van der Waals surface area contributed by atoms with Crippen LogP contribution in [-0.4, -0.2) is 10.9 Å². The smallest absolute Gasteiger partial charge is 0.187 e. The highest BCUT2D eigenvalue weighted by Crippen LogP contribution is 2.15. The number of carbonyl (C=O) groups excluding carboxylic acids is 1. The van der Waals surface area contributed by atoms with Gasteiger partial charge in [0.15, 0.2) is 5.78 Å². The number of aromatic hydroxyl groups is 1. The molecule has 0 aliphatic carbocycles. The van der Waals surface area contributed by atoms with Gasteiger partial charge in [-0.15, -0.1) is 0 Å². The van der Waals surface area contributed by atoms with E-state index in [1.165, 1.54) is 11.6 Å². The summed E-state index contributed by atoms with van der Waals surface area (Å²) < 4.78 is 0. The predicted molar refractivity (Wildman–Crippen MR) is 81.0 cm³/mol. The van der Waals surface area contributed by atoms with Gasteiger partial charge in [-0.1, -0.05) is 37.3 Å². The van der Waals surface area contributed by atoms with Crippen molar-refractivity contribution in [3.63, 3.8) is 0 Å². The Balaban J connectivity index is 1.98. The average molecular weight is 267 g/mol. The van der Waals surface area contributed by atoms with Crippen LogP contribution in [-0.2, 0) is 6.42 Å². The summed E-state index contributed by atoms with van der Waals surface area (Å²) >= 11 is 0. The lowest BCUT2D eigenvalue weighted by atomic mass is 10.1. The number of phenols is 1. The standard InChI is InChI=1S/C17H17NO2/c1-2-13-6-8-14(9-7-13)17(20)10-11-18-15-4-3-5-16(19)12-15/h3-12,18-19H,2H2,1H3/b11-10-. The third-order valence-electron chi connectivity index (χ3n) is 2.98. The zero-order chi connectivity index (χ0) is 14.4. The molecule has 102 valence electrons. The largest absolute Gasteiger partial charge is 0.508 e. The molecule has 2 rings (SSSR count). The van der Waals surface area contributed by atoms with Crippen LogP contribution in [0.25, 0.3) is 0 Å². The summed E-state index contributed by atoms with van der Waals surface area (Å²) in [5.41, 5.74) is 2.61. The molecule has 3 heteroatoms. The summed E-state index contributed by atoms with van der Waals surface area (Å²) in [6.45, 7) is 2.08. The molecule has 0 radical (unpaired) electrons. The molecule has 0 fully saturated rings. The highest BCUT2D eigenvalue weighted by molar-refractivity contribution is 6.04. The van der Waals surface area contributed by atoms with Gasteiger partial charge in [0.05, 0.1) is 0 Å². The monoisotopic (exact) mass is 267 g/mol. The number of anilines is 1. The van der Waals surface area contributed by atoms with E-state index in [0.29, 0.717) is 5.56 Å². The second-order valence-electron chi connectivity index (χ2n) is 4.44. The Morgan fingerprint density at radius 2 is 1.95 bits per heavy atom. The number of aryl methyl sites for hydroxylation is 1. The third kappa shape index (κ3) is 3.72. The average Bonchev–Trinajstić information content (AvgIpc) is 2.47. The molecular formula is C17H17NO2. The van der Waals surface area contributed by atoms with Crippen molar-refractivity contribution in [1.82, 2.24) is 0 Å². The summed E-state index contributed by atoms with van der Waals surface area (Å²) in [5.74, 6) is 0.130. The van der Waals surface area contributed by atoms with Gasteiger partial charge in [0.25, 0.3) is 0 Å². The maximum atomic E-state index is 11.9. The Hall–Kier alpha value is -2.55. The van der Waals surface area contributed by atoms with Crippen molar-refractivity contribution in [1.29, 1.82) is 0 Å². The summed E-state index contributed by atoms with van der Waals surface area (Å²) in [4.78, 5) is 11.9. The Bertz CT molecular complexity index is 615. The fraction of sp³-hybridized carbons (Fsp3) is 0.118. The van der Waals surface area contributed by atoms with Crippen LogP contribution in [0.1, 0.15) is 22.8 Å². The van der Waals surface area contributed by atoms with Gasteiger partial charge in [-0.2, -0.15) is 0 Å². The number of ketones is 1. The second-order valence-corrected chi connectivity index (χ2v) is 4.44. The Labute approximate surface area is 118 Å². The Kier molecular flexibility index (Phi) is 4.56. The van der Waals surface area contributed by atoms with Crippen molar-refractivity contribution < 1.29 is 9.90 Å². The molecule has 0 aliphatic heterocycles. The molecule has 0 unspecified atom stereocenters. The van der Waals surface area contributed by atoms with Gasteiger partial charge < -0.3 is 10.4 Å². The number of allylic oxidation sites excluding steroid dienone is 1.